The van der Waals surface area contributed by atoms with Crippen LogP contribution < -0.4 is 15.4 Å². The van der Waals surface area contributed by atoms with Crippen LogP contribution in [0.3, 0.4) is 0 Å². The Morgan fingerprint density at radius 2 is 2.00 bits per heavy atom. The summed E-state index contributed by atoms with van der Waals surface area (Å²) in [6.07, 6.45) is -5.71. The Morgan fingerprint density at radius 1 is 1.29 bits per heavy atom. The van der Waals surface area contributed by atoms with E-state index < -0.39 is 30.3 Å². The Morgan fingerprint density at radius 3 is 2.62 bits per heavy atom. The van der Waals surface area contributed by atoms with E-state index in [2.05, 4.69) is 15.7 Å². The average Bonchev–Trinajstić information content (AvgIpc) is 3.14. The molecule has 3 N–H and O–H groups in total. The van der Waals surface area contributed by atoms with E-state index in [9.17, 15) is 23.1 Å². The molecule has 0 saturated carbocycles. The average molecular weight is 495 g/mol. The second-order valence-corrected chi connectivity index (χ2v) is 8.35. The van der Waals surface area contributed by atoms with Crippen LogP contribution in [-0.2, 0) is 0 Å². The highest BCUT2D eigenvalue weighted by Gasteiger charge is 2.47. The summed E-state index contributed by atoms with van der Waals surface area (Å²) >= 11 is 6.37. The fourth-order valence-electron chi connectivity index (χ4n) is 3.86. The number of hydrogen-bond donors (Lipinski definition) is 3. The summed E-state index contributed by atoms with van der Waals surface area (Å²) in [5.74, 6) is -0.272. The van der Waals surface area contributed by atoms with Gasteiger partial charge in [-0.2, -0.15) is 18.3 Å². The highest BCUT2D eigenvalue weighted by atomic mass is 35.5. The second-order valence-electron chi connectivity index (χ2n) is 7.97. The molecule has 3 atom stereocenters. The summed E-state index contributed by atoms with van der Waals surface area (Å²) in [7, 11) is 1.50. The Kier molecular flexibility index (Phi) is 6.46. The minimum atomic E-state index is -4.61. The number of halogens is 4. The van der Waals surface area contributed by atoms with Gasteiger partial charge in [0.05, 0.1) is 19.3 Å². The number of rotatable bonds is 5. The number of aliphatic hydroxyl groups excluding tert-OH is 1. The molecule has 7 nitrogen and oxygen atoms in total. The van der Waals surface area contributed by atoms with Crippen molar-refractivity contribution in [1.82, 2.24) is 9.78 Å². The molecule has 4 rings (SSSR count). The van der Waals surface area contributed by atoms with E-state index in [0.29, 0.717) is 22.6 Å². The number of nitrogens with one attached hydrogen (secondary N) is 2. The van der Waals surface area contributed by atoms with Crippen molar-refractivity contribution in [3.63, 3.8) is 0 Å². The van der Waals surface area contributed by atoms with Crippen molar-refractivity contribution < 1.29 is 27.8 Å². The number of alkyl halides is 3. The van der Waals surface area contributed by atoms with Gasteiger partial charge in [-0.15, -0.1) is 0 Å². The molecule has 1 amide bonds. The standard InChI is InChI=1S/C23H22ClF3N4O3/c1-12(32)14-4-3-5-15(10-14)28-22(33)20-19(24)21-29-17(13-6-8-16(34-2)9-7-13)11-18(23(25,26)27)31(21)30-20/h3-10,12,17-18,29,32H,11H2,1-2H3,(H,28,33)/t12-,17+,18-/m1/s1. The number of benzene rings is 2. The van der Waals surface area contributed by atoms with Gasteiger partial charge in [0.1, 0.15) is 16.6 Å². The number of aromatic nitrogens is 2. The number of anilines is 2. The first-order chi connectivity index (χ1) is 16.1. The minimum absolute atomic E-state index is 0.0843. The lowest BCUT2D eigenvalue weighted by Crippen LogP contribution is -2.35. The van der Waals surface area contributed by atoms with Crippen molar-refractivity contribution in [2.24, 2.45) is 0 Å². The first kappa shape index (κ1) is 23.9. The molecule has 2 aromatic carbocycles. The van der Waals surface area contributed by atoms with E-state index in [0.717, 1.165) is 4.68 Å². The number of carbonyl (C=O) groups is 1. The molecule has 3 aromatic rings. The SMILES string of the molecule is COc1ccc([C@@H]2C[C@H](C(F)(F)F)n3nc(C(=O)Nc4cccc([C@@H](C)O)c4)c(Cl)c3N2)cc1. The quantitative estimate of drug-likeness (QED) is 0.435. The van der Waals surface area contributed by atoms with Crippen LogP contribution in [0.5, 0.6) is 5.75 Å². The monoisotopic (exact) mass is 494 g/mol. The summed E-state index contributed by atoms with van der Waals surface area (Å²) in [4.78, 5) is 12.9. The molecule has 0 aliphatic carbocycles. The van der Waals surface area contributed by atoms with Gasteiger partial charge in [-0.25, -0.2) is 4.68 Å². The molecule has 180 valence electrons. The van der Waals surface area contributed by atoms with E-state index in [-0.39, 0.29) is 23.0 Å². The molecule has 2 heterocycles. The Labute approximate surface area is 198 Å². The predicted molar refractivity (Wildman–Crippen MR) is 121 cm³/mol. The van der Waals surface area contributed by atoms with Crippen LogP contribution in [0.2, 0.25) is 5.02 Å². The summed E-state index contributed by atoms with van der Waals surface area (Å²) in [6, 6.07) is 10.4. The Hall–Kier alpha value is -3.24. The zero-order chi connectivity index (χ0) is 24.6. The molecule has 0 saturated heterocycles. The zero-order valence-corrected chi connectivity index (χ0v) is 19.0. The highest BCUT2D eigenvalue weighted by Crippen LogP contribution is 2.46. The van der Waals surface area contributed by atoms with Gasteiger partial charge in [-0.1, -0.05) is 35.9 Å². The Bertz CT molecular complexity index is 1200. The third-order valence-corrected chi connectivity index (χ3v) is 6.01. The number of methoxy groups -OCH3 is 1. The van der Waals surface area contributed by atoms with E-state index in [1.165, 1.54) is 7.11 Å². The molecule has 0 unspecified atom stereocenters. The van der Waals surface area contributed by atoms with Crippen LogP contribution in [0.1, 0.15) is 53.1 Å². The molecule has 0 spiro atoms. The van der Waals surface area contributed by atoms with Gasteiger partial charge in [-0.05, 0) is 42.3 Å². The third kappa shape index (κ3) is 4.69. The number of ether oxygens (including phenoxy) is 1. The first-order valence-electron chi connectivity index (χ1n) is 10.4. The lowest BCUT2D eigenvalue weighted by Gasteiger charge is -2.33. The number of nitrogens with zero attached hydrogens (tertiary/aromatic N) is 2. The maximum absolute atomic E-state index is 14.0. The molecule has 1 aliphatic rings. The summed E-state index contributed by atoms with van der Waals surface area (Å²) in [6.45, 7) is 1.57. The van der Waals surface area contributed by atoms with E-state index >= 15 is 0 Å². The minimum Gasteiger partial charge on any atom is -0.497 e. The van der Waals surface area contributed by atoms with Gasteiger partial charge in [0, 0.05) is 12.1 Å². The van der Waals surface area contributed by atoms with Crippen LogP contribution >= 0.6 is 11.6 Å². The van der Waals surface area contributed by atoms with Gasteiger partial charge < -0.3 is 20.5 Å². The third-order valence-electron chi connectivity index (χ3n) is 5.66. The summed E-state index contributed by atoms with van der Waals surface area (Å²) in [5.41, 5.74) is 1.19. The first-order valence-corrected chi connectivity index (χ1v) is 10.8. The molecule has 0 fully saturated rings. The van der Waals surface area contributed by atoms with Crippen molar-refractivity contribution >= 4 is 29.0 Å². The molecule has 34 heavy (non-hydrogen) atoms. The van der Waals surface area contributed by atoms with Crippen LogP contribution in [0.25, 0.3) is 0 Å². The predicted octanol–water partition coefficient (Wildman–Crippen LogP) is 5.51. The number of fused-ring (bicyclic) bond motifs is 1. The van der Waals surface area contributed by atoms with Crippen LogP contribution in [0.4, 0.5) is 24.7 Å². The molecule has 0 radical (unpaired) electrons. The summed E-state index contributed by atoms with van der Waals surface area (Å²) in [5, 5.41) is 19.0. The summed E-state index contributed by atoms with van der Waals surface area (Å²) < 4.78 is 47.7. The second kappa shape index (κ2) is 9.19. The smallest absolute Gasteiger partial charge is 0.410 e. The van der Waals surface area contributed by atoms with Crippen LogP contribution in [0, 0.1) is 0 Å². The maximum Gasteiger partial charge on any atom is 0.410 e. The Balaban J connectivity index is 1.66. The number of aliphatic hydroxyl groups is 1. The van der Waals surface area contributed by atoms with Crippen LogP contribution in [0.15, 0.2) is 48.5 Å². The molecule has 1 aliphatic heterocycles. The zero-order valence-electron chi connectivity index (χ0n) is 18.2. The van der Waals surface area contributed by atoms with Gasteiger partial charge >= 0.3 is 6.18 Å². The number of amides is 1. The topological polar surface area (TPSA) is 88.4 Å². The van der Waals surface area contributed by atoms with E-state index in [1.807, 2.05) is 0 Å². The van der Waals surface area contributed by atoms with Gasteiger partial charge in [-0.3, -0.25) is 4.79 Å². The molecular formula is C23H22ClF3N4O3. The molecule has 1 aromatic heterocycles. The normalized spacial score (nSPS) is 18.6. The molecular weight excluding hydrogens is 473 g/mol. The fourth-order valence-corrected chi connectivity index (χ4v) is 4.12. The van der Waals surface area contributed by atoms with Crippen molar-refractivity contribution in [3.05, 3.63) is 70.4 Å². The largest absolute Gasteiger partial charge is 0.497 e. The lowest BCUT2D eigenvalue weighted by molar-refractivity contribution is -0.173. The number of carbonyl (C=O) groups excluding carboxylic acids is 1. The van der Waals surface area contributed by atoms with Crippen molar-refractivity contribution in [1.29, 1.82) is 0 Å². The van der Waals surface area contributed by atoms with Gasteiger partial charge in [0.15, 0.2) is 11.7 Å². The van der Waals surface area contributed by atoms with Crippen molar-refractivity contribution in [2.75, 3.05) is 17.7 Å². The van der Waals surface area contributed by atoms with Gasteiger partial charge in [0.25, 0.3) is 5.91 Å². The molecule has 11 heteroatoms. The lowest BCUT2D eigenvalue weighted by atomic mass is 9.97. The van der Waals surface area contributed by atoms with E-state index in [4.69, 9.17) is 16.3 Å². The fraction of sp³-hybridized carbons (Fsp3) is 0.304. The van der Waals surface area contributed by atoms with Crippen molar-refractivity contribution in [3.8, 4) is 5.75 Å². The van der Waals surface area contributed by atoms with Crippen LogP contribution in [-0.4, -0.2) is 34.1 Å². The number of hydrogen-bond acceptors (Lipinski definition) is 5. The van der Waals surface area contributed by atoms with Gasteiger partial charge in [0.2, 0.25) is 0 Å². The van der Waals surface area contributed by atoms with Crippen molar-refractivity contribution in [2.45, 2.75) is 37.7 Å². The highest BCUT2D eigenvalue weighted by molar-refractivity contribution is 6.36. The maximum atomic E-state index is 14.0. The van der Waals surface area contributed by atoms with E-state index in [1.54, 1.807) is 55.5 Å². The molecule has 0 bridgehead atoms.